The lowest BCUT2D eigenvalue weighted by molar-refractivity contribution is 0.101. The zero-order chi connectivity index (χ0) is 16.3. The van der Waals surface area contributed by atoms with E-state index in [1.54, 1.807) is 36.5 Å². The molecule has 1 atom stereocenters. The molecule has 0 radical (unpaired) electrons. The van der Waals surface area contributed by atoms with Crippen molar-refractivity contribution >= 4 is 27.0 Å². The molecule has 0 spiro atoms. The van der Waals surface area contributed by atoms with Crippen LogP contribution in [0.4, 0.5) is 0 Å². The Kier molecular flexibility index (Phi) is 4.36. The number of thiophene rings is 1. The fourth-order valence-corrected chi connectivity index (χ4v) is 4.14. The fourth-order valence-electron chi connectivity index (χ4n) is 2.03. The van der Waals surface area contributed by atoms with Crippen molar-refractivity contribution < 1.29 is 9.00 Å². The first kappa shape index (κ1) is 15.6. The van der Waals surface area contributed by atoms with E-state index in [1.807, 2.05) is 30.3 Å². The summed E-state index contributed by atoms with van der Waals surface area (Å²) in [5.74, 6) is -0.464. The second-order valence-electron chi connectivity index (χ2n) is 4.89. The van der Waals surface area contributed by atoms with Crippen LogP contribution in [0.5, 0.6) is 0 Å². The van der Waals surface area contributed by atoms with E-state index in [0.29, 0.717) is 9.77 Å². The van der Waals surface area contributed by atoms with Crippen molar-refractivity contribution in [1.82, 2.24) is 4.98 Å². The molecular formula is C17H14N2O2S2. The van der Waals surface area contributed by atoms with E-state index in [0.717, 1.165) is 10.6 Å². The summed E-state index contributed by atoms with van der Waals surface area (Å²) in [4.78, 5) is 18.5. The van der Waals surface area contributed by atoms with E-state index in [9.17, 15) is 9.00 Å². The van der Waals surface area contributed by atoms with Gasteiger partial charge in [0.25, 0.3) is 5.91 Å². The predicted molar refractivity (Wildman–Crippen MR) is 93.1 cm³/mol. The van der Waals surface area contributed by atoms with Crippen LogP contribution in [0.3, 0.4) is 0 Å². The molecule has 1 aromatic carbocycles. The van der Waals surface area contributed by atoms with Gasteiger partial charge in [0.1, 0.15) is 0 Å². The molecular weight excluding hydrogens is 328 g/mol. The van der Waals surface area contributed by atoms with Crippen LogP contribution < -0.4 is 0 Å². The first-order valence-corrected chi connectivity index (χ1v) is 9.63. The number of aromatic nitrogens is 1. The highest BCUT2D eigenvalue weighted by Gasteiger charge is 2.14. The van der Waals surface area contributed by atoms with Crippen molar-refractivity contribution in [3.8, 4) is 10.6 Å². The maximum atomic E-state index is 12.7. The van der Waals surface area contributed by atoms with Crippen LogP contribution >= 0.6 is 11.3 Å². The smallest absolute Gasteiger partial charge is 0.265 e. The molecule has 0 aliphatic rings. The van der Waals surface area contributed by atoms with Crippen LogP contribution in [-0.2, 0) is 9.73 Å². The number of hydrogen-bond donors (Lipinski definition) is 0. The van der Waals surface area contributed by atoms with Crippen LogP contribution in [-0.4, -0.2) is 21.4 Å². The molecule has 6 heteroatoms. The third-order valence-electron chi connectivity index (χ3n) is 3.17. The summed E-state index contributed by atoms with van der Waals surface area (Å²) in [7, 11) is -2.75. The normalized spacial score (nSPS) is 13.3. The van der Waals surface area contributed by atoms with E-state index in [4.69, 9.17) is 0 Å². The molecule has 0 bridgehead atoms. The van der Waals surface area contributed by atoms with Crippen LogP contribution in [0.15, 0.2) is 76.1 Å². The highest BCUT2D eigenvalue weighted by atomic mass is 32.2. The average Bonchev–Trinajstić information content (AvgIpc) is 3.06. The molecule has 4 nitrogen and oxygen atoms in total. The minimum Gasteiger partial charge on any atom is -0.265 e. The number of pyridine rings is 1. The minimum atomic E-state index is -2.75. The molecule has 2 heterocycles. The Bertz CT molecular complexity index is 941. The fraction of sp³-hybridized carbons (Fsp3) is 0.0588. The summed E-state index contributed by atoms with van der Waals surface area (Å²) >= 11 is 1.30. The number of carbonyl (C=O) groups excluding carboxylic acids is 1. The first-order valence-electron chi connectivity index (χ1n) is 6.89. The number of hydrogen-bond acceptors (Lipinski definition) is 4. The van der Waals surface area contributed by atoms with Crippen molar-refractivity contribution in [2.45, 2.75) is 4.90 Å². The maximum Gasteiger partial charge on any atom is 0.295 e. The minimum absolute atomic E-state index is 0.455. The Morgan fingerprint density at radius 3 is 2.48 bits per heavy atom. The van der Waals surface area contributed by atoms with Crippen molar-refractivity contribution in [1.29, 1.82) is 0 Å². The van der Waals surface area contributed by atoms with Gasteiger partial charge in [-0.25, -0.2) is 4.21 Å². The number of amides is 1. The molecule has 0 fully saturated rings. The standard InChI is InChI=1S/C17H14N2O2S2/c1-23(21,13-7-3-2-4-8-13)19-17(20)16-11-10-15(22-16)14-9-5-6-12-18-14/h2-12H,1H3. The van der Waals surface area contributed by atoms with E-state index in [-0.39, 0.29) is 0 Å². The van der Waals surface area contributed by atoms with Gasteiger partial charge in [-0.05, 0) is 36.4 Å². The molecule has 0 saturated carbocycles. The SMILES string of the molecule is CS(=O)(=NC(=O)c1ccc(-c2ccccn2)s1)c1ccccc1. The topological polar surface area (TPSA) is 59.4 Å². The number of benzene rings is 1. The zero-order valence-electron chi connectivity index (χ0n) is 12.4. The largest absolute Gasteiger partial charge is 0.295 e. The Morgan fingerprint density at radius 1 is 1.04 bits per heavy atom. The molecule has 0 aliphatic carbocycles. The van der Waals surface area contributed by atoms with Gasteiger partial charge in [0.05, 0.1) is 25.2 Å². The maximum absolute atomic E-state index is 12.7. The molecule has 0 saturated heterocycles. The second kappa shape index (κ2) is 6.44. The third kappa shape index (κ3) is 3.55. The van der Waals surface area contributed by atoms with Crippen molar-refractivity contribution in [3.63, 3.8) is 0 Å². The summed E-state index contributed by atoms with van der Waals surface area (Å²) in [6.45, 7) is 0. The van der Waals surface area contributed by atoms with Gasteiger partial charge >= 0.3 is 0 Å². The van der Waals surface area contributed by atoms with E-state index < -0.39 is 15.6 Å². The highest BCUT2D eigenvalue weighted by Crippen LogP contribution is 2.27. The number of rotatable bonds is 3. The summed E-state index contributed by atoms with van der Waals surface area (Å²) in [6.07, 6.45) is 3.18. The molecule has 23 heavy (non-hydrogen) atoms. The van der Waals surface area contributed by atoms with Gasteiger partial charge in [0.2, 0.25) is 0 Å². The quantitative estimate of drug-likeness (QED) is 0.720. The van der Waals surface area contributed by atoms with Gasteiger partial charge in [-0.3, -0.25) is 9.78 Å². The molecule has 0 aliphatic heterocycles. The lowest BCUT2D eigenvalue weighted by atomic mass is 10.3. The molecule has 2 aromatic heterocycles. The lowest BCUT2D eigenvalue weighted by Crippen LogP contribution is -2.02. The summed E-state index contributed by atoms with van der Waals surface area (Å²) in [5, 5.41) is 0. The van der Waals surface area contributed by atoms with Gasteiger partial charge < -0.3 is 0 Å². The van der Waals surface area contributed by atoms with Crippen LogP contribution in [0, 0.1) is 0 Å². The summed E-state index contributed by atoms with van der Waals surface area (Å²) in [5.41, 5.74) is 0.803. The predicted octanol–water partition coefficient (Wildman–Crippen LogP) is 4.11. The van der Waals surface area contributed by atoms with Gasteiger partial charge in [0.15, 0.2) is 0 Å². The van der Waals surface area contributed by atoms with Gasteiger partial charge in [-0.15, -0.1) is 11.3 Å². The molecule has 1 unspecified atom stereocenters. The van der Waals surface area contributed by atoms with Gasteiger partial charge in [0, 0.05) is 17.3 Å². The Balaban J connectivity index is 1.92. The highest BCUT2D eigenvalue weighted by molar-refractivity contribution is 7.93. The molecule has 3 aromatic rings. The summed E-state index contributed by atoms with van der Waals surface area (Å²) in [6, 6.07) is 18.0. The molecule has 1 amide bonds. The van der Waals surface area contributed by atoms with Crippen molar-refractivity contribution in [3.05, 3.63) is 71.7 Å². The monoisotopic (exact) mass is 342 g/mol. The zero-order valence-corrected chi connectivity index (χ0v) is 14.0. The molecule has 3 rings (SSSR count). The van der Waals surface area contributed by atoms with Crippen LogP contribution in [0.25, 0.3) is 10.6 Å². The van der Waals surface area contributed by atoms with E-state index in [2.05, 4.69) is 9.35 Å². The molecule has 116 valence electrons. The first-order chi connectivity index (χ1) is 11.1. The third-order valence-corrected chi connectivity index (χ3v) is 5.93. The van der Waals surface area contributed by atoms with Gasteiger partial charge in [-0.1, -0.05) is 24.3 Å². The Labute approximate surface area is 139 Å². The second-order valence-corrected chi connectivity index (χ2v) is 8.23. The Hall–Kier alpha value is -2.31. The van der Waals surface area contributed by atoms with Crippen LogP contribution in [0.2, 0.25) is 0 Å². The van der Waals surface area contributed by atoms with Crippen LogP contribution in [0.1, 0.15) is 9.67 Å². The Morgan fingerprint density at radius 2 is 1.78 bits per heavy atom. The van der Waals surface area contributed by atoms with E-state index in [1.165, 1.54) is 17.6 Å². The van der Waals surface area contributed by atoms with E-state index >= 15 is 0 Å². The molecule has 0 N–H and O–H groups in total. The van der Waals surface area contributed by atoms with Gasteiger partial charge in [-0.2, -0.15) is 4.36 Å². The number of carbonyl (C=O) groups is 1. The lowest BCUT2D eigenvalue weighted by Gasteiger charge is -2.02. The number of nitrogens with zero attached hydrogens (tertiary/aromatic N) is 2. The van der Waals surface area contributed by atoms with Crippen molar-refractivity contribution in [2.75, 3.05) is 6.26 Å². The van der Waals surface area contributed by atoms with Crippen molar-refractivity contribution in [2.24, 2.45) is 4.36 Å². The summed E-state index contributed by atoms with van der Waals surface area (Å²) < 4.78 is 16.6. The average molecular weight is 342 g/mol.